The van der Waals surface area contributed by atoms with Gasteiger partial charge in [-0.15, -0.1) is 12.4 Å². The Morgan fingerprint density at radius 2 is 1.83 bits per heavy atom. The first-order valence-corrected chi connectivity index (χ1v) is 8.86. The molecule has 1 heterocycles. The minimum Gasteiger partial charge on any atom is -0.339 e. The Morgan fingerprint density at radius 3 is 2.46 bits per heavy atom. The number of likely N-dealkylation sites (tertiary alicyclic amines) is 1. The van der Waals surface area contributed by atoms with E-state index in [0.717, 1.165) is 24.9 Å². The van der Waals surface area contributed by atoms with Crippen LogP contribution in [-0.2, 0) is 4.79 Å². The van der Waals surface area contributed by atoms with E-state index in [9.17, 15) is 9.18 Å². The van der Waals surface area contributed by atoms with Crippen molar-refractivity contribution < 1.29 is 9.18 Å². The third kappa shape index (κ3) is 2.84. The Kier molecular flexibility index (Phi) is 4.89. The summed E-state index contributed by atoms with van der Waals surface area (Å²) in [5.74, 6) is 1.45. The summed E-state index contributed by atoms with van der Waals surface area (Å²) >= 11 is 0. The summed E-state index contributed by atoms with van der Waals surface area (Å²) in [5.41, 5.74) is 7.48. The molecule has 2 saturated carbocycles. The Balaban J connectivity index is 0.00000169. The normalized spacial score (nSPS) is 37.5. The minimum absolute atomic E-state index is 0. The molecule has 0 radical (unpaired) electrons. The number of carbonyl (C=O) groups is 1. The van der Waals surface area contributed by atoms with E-state index in [0.29, 0.717) is 17.8 Å². The van der Waals surface area contributed by atoms with Gasteiger partial charge in [-0.3, -0.25) is 4.79 Å². The van der Waals surface area contributed by atoms with Crippen LogP contribution in [0.2, 0.25) is 0 Å². The second-order valence-electron chi connectivity index (χ2n) is 7.76. The summed E-state index contributed by atoms with van der Waals surface area (Å²) in [6, 6.07) is 7.02. The van der Waals surface area contributed by atoms with Crippen LogP contribution >= 0.6 is 12.4 Å². The molecule has 0 spiro atoms. The fraction of sp³-hybridized carbons (Fsp3) is 0.632. The quantitative estimate of drug-likeness (QED) is 0.887. The number of carbonyl (C=O) groups excluding carboxylic acids is 1. The zero-order chi connectivity index (χ0) is 16.1. The Bertz CT molecular complexity index is 606. The molecule has 1 aromatic rings. The van der Waals surface area contributed by atoms with Gasteiger partial charge < -0.3 is 10.6 Å². The molecule has 2 aliphatic carbocycles. The van der Waals surface area contributed by atoms with Gasteiger partial charge in [0.1, 0.15) is 5.82 Å². The lowest BCUT2D eigenvalue weighted by Crippen LogP contribution is -2.48. The number of benzene rings is 1. The molecule has 5 heteroatoms. The zero-order valence-corrected chi connectivity index (χ0v) is 14.8. The molecule has 3 nitrogen and oxygen atoms in total. The van der Waals surface area contributed by atoms with Crippen LogP contribution in [0.1, 0.15) is 44.1 Å². The van der Waals surface area contributed by atoms with E-state index in [1.165, 1.54) is 25.0 Å². The molecule has 0 aromatic heterocycles. The molecule has 132 valence electrons. The summed E-state index contributed by atoms with van der Waals surface area (Å²) in [7, 11) is 0. The van der Waals surface area contributed by atoms with Crippen LogP contribution in [0.4, 0.5) is 4.39 Å². The number of amides is 1. The number of hydrogen-bond donors (Lipinski definition) is 1. The lowest BCUT2D eigenvalue weighted by molar-refractivity contribution is -0.138. The average molecular weight is 353 g/mol. The summed E-state index contributed by atoms with van der Waals surface area (Å²) in [4.78, 5) is 15.1. The van der Waals surface area contributed by atoms with Gasteiger partial charge in [0.2, 0.25) is 5.91 Å². The van der Waals surface area contributed by atoms with Gasteiger partial charge >= 0.3 is 0 Å². The Labute approximate surface area is 149 Å². The van der Waals surface area contributed by atoms with Crippen molar-refractivity contribution in [3.8, 4) is 0 Å². The molecule has 3 aliphatic rings. The minimum atomic E-state index is -0.208. The van der Waals surface area contributed by atoms with Gasteiger partial charge in [-0.25, -0.2) is 4.39 Å². The maximum atomic E-state index is 13.1. The van der Waals surface area contributed by atoms with Crippen LogP contribution in [0.15, 0.2) is 24.3 Å². The Hall–Kier alpha value is -1.13. The average Bonchev–Trinajstić information content (AvgIpc) is 3.22. The highest BCUT2D eigenvalue weighted by Crippen LogP contribution is 2.49. The second kappa shape index (κ2) is 6.64. The van der Waals surface area contributed by atoms with Crippen molar-refractivity contribution in [1.29, 1.82) is 0 Å². The first kappa shape index (κ1) is 17.7. The summed E-state index contributed by atoms with van der Waals surface area (Å²) in [5, 5.41) is 0. The lowest BCUT2D eigenvalue weighted by Gasteiger charge is -2.32. The van der Waals surface area contributed by atoms with Gasteiger partial charge in [0, 0.05) is 24.5 Å². The third-order valence-electron chi connectivity index (χ3n) is 6.47. The van der Waals surface area contributed by atoms with E-state index >= 15 is 0 Å². The van der Waals surface area contributed by atoms with Crippen molar-refractivity contribution in [3.05, 3.63) is 35.6 Å². The van der Waals surface area contributed by atoms with Crippen LogP contribution in [0.5, 0.6) is 0 Å². The van der Waals surface area contributed by atoms with E-state index in [1.807, 2.05) is 17.0 Å². The van der Waals surface area contributed by atoms with Crippen molar-refractivity contribution in [3.63, 3.8) is 0 Å². The number of rotatable bonds is 2. The molecule has 1 aliphatic heterocycles. The summed E-state index contributed by atoms with van der Waals surface area (Å²) < 4.78 is 13.1. The fourth-order valence-corrected chi connectivity index (χ4v) is 5.21. The van der Waals surface area contributed by atoms with Crippen molar-refractivity contribution >= 4 is 18.3 Å². The number of halogens is 2. The van der Waals surface area contributed by atoms with Crippen LogP contribution < -0.4 is 5.73 Å². The number of fused-ring (bicyclic) bond motifs is 2. The monoisotopic (exact) mass is 352 g/mol. The molecular weight excluding hydrogens is 327 g/mol. The van der Waals surface area contributed by atoms with E-state index in [4.69, 9.17) is 5.73 Å². The van der Waals surface area contributed by atoms with Crippen LogP contribution in [0, 0.1) is 23.6 Å². The fourth-order valence-electron chi connectivity index (χ4n) is 5.21. The topological polar surface area (TPSA) is 46.3 Å². The highest BCUT2D eigenvalue weighted by atomic mass is 35.5. The predicted octanol–water partition coefficient (Wildman–Crippen LogP) is 3.33. The first-order chi connectivity index (χ1) is 11.0. The Morgan fingerprint density at radius 1 is 1.17 bits per heavy atom. The largest absolute Gasteiger partial charge is 0.339 e. The number of hydrogen-bond acceptors (Lipinski definition) is 2. The highest BCUT2D eigenvalue weighted by Gasteiger charge is 2.51. The molecule has 2 bridgehead atoms. The van der Waals surface area contributed by atoms with Gasteiger partial charge in [-0.05, 0) is 62.1 Å². The van der Waals surface area contributed by atoms with Crippen LogP contribution in [-0.4, -0.2) is 29.4 Å². The molecule has 24 heavy (non-hydrogen) atoms. The van der Waals surface area contributed by atoms with Gasteiger partial charge in [0.15, 0.2) is 0 Å². The van der Waals surface area contributed by atoms with Gasteiger partial charge in [-0.2, -0.15) is 0 Å². The van der Waals surface area contributed by atoms with Crippen LogP contribution in [0.3, 0.4) is 0 Å². The molecule has 3 fully saturated rings. The third-order valence-corrected chi connectivity index (χ3v) is 6.47. The van der Waals surface area contributed by atoms with E-state index in [1.54, 1.807) is 0 Å². The summed E-state index contributed by atoms with van der Waals surface area (Å²) in [6.45, 7) is 2.87. The first-order valence-electron chi connectivity index (χ1n) is 8.86. The number of nitrogens with zero attached hydrogens (tertiary/aromatic N) is 1. The van der Waals surface area contributed by atoms with Gasteiger partial charge in [0.05, 0.1) is 5.92 Å². The van der Waals surface area contributed by atoms with Crippen LogP contribution in [0.25, 0.3) is 0 Å². The number of nitrogens with two attached hydrogens (primary N) is 1. The van der Waals surface area contributed by atoms with E-state index in [-0.39, 0.29) is 42.1 Å². The molecule has 6 unspecified atom stereocenters. The molecule has 2 N–H and O–H groups in total. The molecule has 4 rings (SSSR count). The maximum absolute atomic E-state index is 13.1. The van der Waals surface area contributed by atoms with Crippen molar-refractivity contribution in [1.82, 2.24) is 4.90 Å². The summed E-state index contributed by atoms with van der Waals surface area (Å²) in [6.07, 6.45) is 4.45. The highest BCUT2D eigenvalue weighted by molar-refractivity contribution is 5.85. The standard InChI is InChI=1S/C19H25FN2O.ClH/c1-11-8-15(12-4-6-16(20)7-5-12)10-22(11)19(23)17-13-2-3-14(9-13)18(17)21;/h4-7,11,13-15,17-18H,2-3,8-10,21H2,1H3;1H. The zero-order valence-electron chi connectivity index (χ0n) is 14.0. The van der Waals surface area contributed by atoms with E-state index in [2.05, 4.69) is 6.92 Å². The van der Waals surface area contributed by atoms with Gasteiger partial charge in [-0.1, -0.05) is 12.1 Å². The lowest BCUT2D eigenvalue weighted by atomic mass is 9.84. The van der Waals surface area contributed by atoms with Crippen molar-refractivity contribution in [2.24, 2.45) is 23.5 Å². The van der Waals surface area contributed by atoms with E-state index < -0.39 is 0 Å². The second-order valence-corrected chi connectivity index (χ2v) is 7.76. The molecular formula is C19H26ClFN2O. The van der Waals surface area contributed by atoms with Gasteiger partial charge in [0.25, 0.3) is 0 Å². The molecule has 1 aromatic carbocycles. The molecule has 1 saturated heterocycles. The maximum Gasteiger partial charge on any atom is 0.227 e. The SMILES string of the molecule is CC1CC(c2ccc(F)cc2)CN1C(=O)C1C2CCC(C2)C1N.Cl. The predicted molar refractivity (Wildman–Crippen MR) is 94.5 cm³/mol. The van der Waals surface area contributed by atoms with Crippen molar-refractivity contribution in [2.75, 3.05) is 6.54 Å². The molecule has 1 amide bonds. The molecule has 6 atom stereocenters. The van der Waals surface area contributed by atoms with Crippen molar-refractivity contribution in [2.45, 2.75) is 50.6 Å². The smallest absolute Gasteiger partial charge is 0.227 e.